The van der Waals surface area contributed by atoms with E-state index in [0.29, 0.717) is 12.5 Å². The highest BCUT2D eigenvalue weighted by molar-refractivity contribution is 5.29. The second kappa shape index (κ2) is 8.24. The summed E-state index contributed by atoms with van der Waals surface area (Å²) in [6, 6.07) is 6.09. The summed E-state index contributed by atoms with van der Waals surface area (Å²) in [5.74, 6) is 0.102. The van der Waals surface area contributed by atoms with Crippen LogP contribution in [0.3, 0.4) is 0 Å². The van der Waals surface area contributed by atoms with Crippen LogP contribution in [0.5, 0.6) is 5.75 Å². The zero-order valence-corrected chi connectivity index (χ0v) is 12.5. The molecule has 0 saturated carbocycles. The normalized spacial score (nSPS) is 14.8. The molecule has 6 heteroatoms. The summed E-state index contributed by atoms with van der Waals surface area (Å²) in [5.41, 5.74) is 0.940. The molecule has 0 aromatic heterocycles. The van der Waals surface area contributed by atoms with Crippen molar-refractivity contribution in [1.82, 2.24) is 5.32 Å². The minimum atomic E-state index is -4.66. The molecule has 0 fully saturated rings. The molecule has 0 saturated heterocycles. The third-order valence-electron chi connectivity index (χ3n) is 3.24. The lowest BCUT2D eigenvalue weighted by molar-refractivity contribution is -0.274. The lowest BCUT2D eigenvalue weighted by Gasteiger charge is -2.25. The Bertz CT molecular complexity index is 406. The molecule has 1 rings (SSSR count). The molecule has 1 aromatic rings. The molecule has 21 heavy (non-hydrogen) atoms. The maximum atomic E-state index is 12.1. The fourth-order valence-corrected chi connectivity index (χ4v) is 2.21. The van der Waals surface area contributed by atoms with E-state index in [4.69, 9.17) is 4.74 Å². The largest absolute Gasteiger partial charge is 0.573 e. The number of halogens is 3. The van der Waals surface area contributed by atoms with Crippen molar-refractivity contribution in [3.05, 3.63) is 29.8 Å². The summed E-state index contributed by atoms with van der Waals surface area (Å²) in [6.45, 7) is 5.52. The van der Waals surface area contributed by atoms with Gasteiger partial charge in [0.25, 0.3) is 0 Å². The van der Waals surface area contributed by atoms with Crippen LogP contribution in [0.25, 0.3) is 0 Å². The SMILES string of the molecule is CCNC(c1ccc(OC(F)(F)F)cc1)C(C)CCOC. The van der Waals surface area contributed by atoms with E-state index in [-0.39, 0.29) is 11.8 Å². The van der Waals surface area contributed by atoms with Crippen molar-refractivity contribution >= 4 is 0 Å². The molecule has 1 aromatic carbocycles. The Morgan fingerprint density at radius 2 is 1.81 bits per heavy atom. The second-order valence-electron chi connectivity index (χ2n) is 4.91. The van der Waals surface area contributed by atoms with Crippen LogP contribution in [0.15, 0.2) is 24.3 Å². The summed E-state index contributed by atoms with van der Waals surface area (Å²) in [7, 11) is 1.65. The van der Waals surface area contributed by atoms with Gasteiger partial charge in [-0.3, -0.25) is 0 Å². The lowest BCUT2D eigenvalue weighted by atomic mass is 9.92. The molecule has 0 bridgehead atoms. The Morgan fingerprint density at radius 1 is 1.19 bits per heavy atom. The molecule has 0 aliphatic carbocycles. The number of benzene rings is 1. The van der Waals surface area contributed by atoms with Gasteiger partial charge < -0.3 is 14.8 Å². The molecule has 0 amide bonds. The molecule has 0 aliphatic heterocycles. The Morgan fingerprint density at radius 3 is 2.29 bits per heavy atom. The molecule has 120 valence electrons. The highest BCUT2D eigenvalue weighted by Crippen LogP contribution is 2.28. The van der Waals surface area contributed by atoms with Crippen molar-refractivity contribution in [3.8, 4) is 5.75 Å². The second-order valence-corrected chi connectivity index (χ2v) is 4.91. The number of nitrogens with one attached hydrogen (secondary N) is 1. The van der Waals surface area contributed by atoms with Crippen molar-refractivity contribution in [2.75, 3.05) is 20.3 Å². The molecule has 0 radical (unpaired) electrons. The van der Waals surface area contributed by atoms with E-state index in [9.17, 15) is 13.2 Å². The first-order valence-corrected chi connectivity index (χ1v) is 6.95. The molecular formula is C15H22F3NO2. The van der Waals surface area contributed by atoms with E-state index < -0.39 is 6.36 Å². The van der Waals surface area contributed by atoms with Gasteiger partial charge in [-0.15, -0.1) is 13.2 Å². The van der Waals surface area contributed by atoms with Gasteiger partial charge in [0.15, 0.2) is 0 Å². The van der Waals surface area contributed by atoms with Crippen LogP contribution in [0.4, 0.5) is 13.2 Å². The van der Waals surface area contributed by atoms with E-state index in [0.717, 1.165) is 18.5 Å². The van der Waals surface area contributed by atoms with Gasteiger partial charge in [-0.1, -0.05) is 26.0 Å². The molecular weight excluding hydrogens is 283 g/mol. The van der Waals surface area contributed by atoms with Gasteiger partial charge in [0.1, 0.15) is 5.75 Å². The van der Waals surface area contributed by atoms with Crippen molar-refractivity contribution < 1.29 is 22.6 Å². The highest BCUT2D eigenvalue weighted by Gasteiger charge is 2.31. The number of ether oxygens (including phenoxy) is 2. The van der Waals surface area contributed by atoms with E-state index in [2.05, 4.69) is 17.0 Å². The zero-order chi connectivity index (χ0) is 15.9. The van der Waals surface area contributed by atoms with Gasteiger partial charge in [0.2, 0.25) is 0 Å². The van der Waals surface area contributed by atoms with Gasteiger partial charge >= 0.3 is 6.36 Å². The van der Waals surface area contributed by atoms with Crippen molar-refractivity contribution in [2.24, 2.45) is 5.92 Å². The molecule has 0 aliphatic rings. The van der Waals surface area contributed by atoms with Crippen LogP contribution < -0.4 is 10.1 Å². The average Bonchev–Trinajstić information content (AvgIpc) is 2.41. The van der Waals surface area contributed by atoms with Gasteiger partial charge in [0.05, 0.1) is 0 Å². The molecule has 0 spiro atoms. The summed E-state index contributed by atoms with van der Waals surface area (Å²) in [6.07, 6.45) is -3.79. The van der Waals surface area contributed by atoms with Gasteiger partial charge in [-0.2, -0.15) is 0 Å². The van der Waals surface area contributed by atoms with E-state index >= 15 is 0 Å². The molecule has 2 unspecified atom stereocenters. The molecule has 0 heterocycles. The first-order chi connectivity index (χ1) is 9.87. The topological polar surface area (TPSA) is 30.5 Å². The number of rotatable bonds is 8. The van der Waals surface area contributed by atoms with Crippen LogP contribution in [0.1, 0.15) is 31.9 Å². The van der Waals surface area contributed by atoms with Crippen LogP contribution in [-0.4, -0.2) is 26.6 Å². The predicted molar refractivity (Wildman–Crippen MR) is 75.2 cm³/mol. The van der Waals surface area contributed by atoms with Crippen LogP contribution >= 0.6 is 0 Å². The summed E-state index contributed by atoms with van der Waals surface area (Å²) in [4.78, 5) is 0. The third-order valence-corrected chi connectivity index (χ3v) is 3.24. The Labute approximate surface area is 123 Å². The smallest absolute Gasteiger partial charge is 0.406 e. The molecule has 3 nitrogen and oxygen atoms in total. The number of alkyl halides is 3. The maximum Gasteiger partial charge on any atom is 0.573 e. The zero-order valence-electron chi connectivity index (χ0n) is 12.5. The minimum Gasteiger partial charge on any atom is -0.406 e. The Hall–Kier alpha value is -1.27. The van der Waals surface area contributed by atoms with Crippen LogP contribution in [0, 0.1) is 5.92 Å². The van der Waals surface area contributed by atoms with Crippen molar-refractivity contribution in [3.63, 3.8) is 0 Å². The predicted octanol–water partition coefficient (Wildman–Crippen LogP) is 3.91. The number of hydrogen-bond acceptors (Lipinski definition) is 3. The summed E-state index contributed by atoms with van der Waals surface area (Å²) in [5, 5.41) is 3.36. The Kier molecular flexibility index (Phi) is 6.98. The van der Waals surface area contributed by atoms with Crippen molar-refractivity contribution in [2.45, 2.75) is 32.7 Å². The monoisotopic (exact) mass is 305 g/mol. The number of methoxy groups -OCH3 is 1. The first-order valence-electron chi connectivity index (χ1n) is 6.95. The van der Waals surface area contributed by atoms with E-state index in [1.807, 2.05) is 6.92 Å². The summed E-state index contributed by atoms with van der Waals surface area (Å²) < 4.78 is 45.4. The first kappa shape index (κ1) is 17.8. The lowest BCUT2D eigenvalue weighted by Crippen LogP contribution is -2.27. The van der Waals surface area contributed by atoms with Gasteiger partial charge in [-0.05, 0) is 36.6 Å². The number of hydrogen-bond donors (Lipinski definition) is 1. The van der Waals surface area contributed by atoms with Gasteiger partial charge in [-0.25, -0.2) is 0 Å². The van der Waals surface area contributed by atoms with Crippen LogP contribution in [-0.2, 0) is 4.74 Å². The average molecular weight is 305 g/mol. The standard InChI is InChI=1S/C15H22F3NO2/c1-4-19-14(11(2)9-10-20-3)12-5-7-13(8-6-12)21-15(16,17)18/h5-8,11,14,19H,4,9-10H2,1-3H3. The quantitative estimate of drug-likeness (QED) is 0.790. The summed E-state index contributed by atoms with van der Waals surface area (Å²) >= 11 is 0. The highest BCUT2D eigenvalue weighted by atomic mass is 19.4. The fraction of sp³-hybridized carbons (Fsp3) is 0.600. The molecule has 1 N–H and O–H groups in total. The minimum absolute atomic E-state index is 0.0742. The fourth-order valence-electron chi connectivity index (χ4n) is 2.21. The van der Waals surface area contributed by atoms with E-state index in [1.54, 1.807) is 19.2 Å². The Balaban J connectivity index is 2.79. The van der Waals surface area contributed by atoms with Crippen molar-refractivity contribution in [1.29, 1.82) is 0 Å². The van der Waals surface area contributed by atoms with E-state index in [1.165, 1.54) is 12.1 Å². The molecule has 2 atom stereocenters. The maximum absolute atomic E-state index is 12.1. The third kappa shape index (κ3) is 6.35. The van der Waals surface area contributed by atoms with Gasteiger partial charge in [0, 0.05) is 19.8 Å². The van der Waals surface area contributed by atoms with Crippen LogP contribution in [0.2, 0.25) is 0 Å².